The van der Waals surface area contributed by atoms with Crippen LogP contribution in [0, 0.1) is 11.3 Å². The van der Waals surface area contributed by atoms with Crippen molar-refractivity contribution in [2.75, 3.05) is 12.5 Å². The van der Waals surface area contributed by atoms with E-state index in [1.54, 1.807) is 6.07 Å². The van der Waals surface area contributed by atoms with Crippen molar-refractivity contribution in [3.63, 3.8) is 0 Å². The number of unbranched alkanes of at least 4 members (excludes halogenated alkanes) is 5. The van der Waals surface area contributed by atoms with Crippen molar-refractivity contribution in [1.82, 2.24) is 0 Å². The molecule has 0 bridgehead atoms. The van der Waals surface area contributed by atoms with E-state index >= 15 is 0 Å². The lowest BCUT2D eigenvalue weighted by atomic mass is 10.1. The topological polar surface area (TPSA) is 59.3 Å². The minimum atomic E-state index is -0.743. The van der Waals surface area contributed by atoms with Gasteiger partial charge in [-0.25, -0.2) is 0 Å². The number of ether oxygens (including phenoxy) is 2. The van der Waals surface area contributed by atoms with Crippen LogP contribution < -0.4 is 9.47 Å². The van der Waals surface area contributed by atoms with Crippen LogP contribution in [-0.2, 0) is 17.2 Å². The average Bonchev–Trinajstić information content (AvgIpc) is 3.06. The van der Waals surface area contributed by atoms with Crippen molar-refractivity contribution in [2.45, 2.75) is 71.0 Å². The fourth-order valence-electron chi connectivity index (χ4n) is 2.72. The van der Waals surface area contributed by atoms with Crippen LogP contribution in [-0.4, -0.2) is 22.0 Å². The van der Waals surface area contributed by atoms with Gasteiger partial charge in [0.25, 0.3) is 0 Å². The molecule has 0 amide bonds. The van der Waals surface area contributed by atoms with Gasteiger partial charge in [-0.05, 0) is 30.5 Å². The molecule has 1 aliphatic heterocycles. The molecule has 0 fully saturated rings. The molecule has 1 aromatic rings. The first-order valence-corrected chi connectivity index (χ1v) is 10.6. The molecule has 0 spiro atoms. The van der Waals surface area contributed by atoms with E-state index in [1.807, 2.05) is 18.2 Å². The van der Waals surface area contributed by atoms with Crippen LogP contribution in [0.25, 0.3) is 0 Å². The third kappa shape index (κ3) is 8.40. The summed E-state index contributed by atoms with van der Waals surface area (Å²) in [4.78, 5) is 0. The van der Waals surface area contributed by atoms with Crippen molar-refractivity contribution >= 4 is 10.8 Å². The highest BCUT2D eigenvalue weighted by Gasteiger charge is 2.16. The molecule has 0 saturated carbocycles. The quantitative estimate of drug-likeness (QED) is 0.548. The summed E-state index contributed by atoms with van der Waals surface area (Å²) >= 11 is 0. The summed E-state index contributed by atoms with van der Waals surface area (Å²) in [6, 6.07) is 7.76. The Morgan fingerprint density at radius 2 is 1.80 bits per heavy atom. The zero-order valence-electron chi connectivity index (χ0n) is 15.8. The maximum absolute atomic E-state index is 12.3. The third-order valence-corrected chi connectivity index (χ3v) is 5.86. The number of benzene rings is 1. The molecule has 140 valence electrons. The monoisotopic (exact) mass is 365 g/mol. The van der Waals surface area contributed by atoms with Crippen molar-refractivity contribution in [1.29, 1.82) is 5.26 Å². The molecule has 2 atom stereocenters. The molecule has 2 unspecified atom stereocenters. The summed E-state index contributed by atoms with van der Waals surface area (Å²) in [6.07, 6.45) is 8.32. The molecule has 0 radical (unpaired) electrons. The van der Waals surface area contributed by atoms with Crippen LogP contribution in [0.2, 0.25) is 0 Å². The molecular weight excluding hydrogens is 334 g/mol. The van der Waals surface area contributed by atoms with Crippen molar-refractivity contribution in [3.8, 4) is 17.6 Å². The second-order valence-corrected chi connectivity index (χ2v) is 8.25. The molecule has 0 N–H and O–H groups in total. The lowest BCUT2D eigenvalue weighted by Gasteiger charge is -2.12. The fraction of sp³-hybridized carbons (Fsp3) is 0.650. The maximum atomic E-state index is 12.3. The molecule has 0 aliphatic carbocycles. The molecule has 25 heavy (non-hydrogen) atoms. The van der Waals surface area contributed by atoms with Gasteiger partial charge in [-0.3, -0.25) is 4.21 Å². The second-order valence-electron chi connectivity index (χ2n) is 6.28. The lowest BCUT2D eigenvalue weighted by Crippen LogP contribution is -2.16. The van der Waals surface area contributed by atoms with Gasteiger partial charge in [-0.1, -0.05) is 52.0 Å². The Bertz CT molecular complexity index is 569. The van der Waals surface area contributed by atoms with Crippen LogP contribution in [0.4, 0.5) is 0 Å². The lowest BCUT2D eigenvalue weighted by molar-refractivity contribution is 0.174. The second kappa shape index (κ2) is 12.8. The van der Waals surface area contributed by atoms with E-state index in [0.717, 1.165) is 30.1 Å². The summed E-state index contributed by atoms with van der Waals surface area (Å²) in [5.41, 5.74) is 1.17. The van der Waals surface area contributed by atoms with Gasteiger partial charge >= 0.3 is 0 Å². The first-order chi connectivity index (χ1) is 12.1. The van der Waals surface area contributed by atoms with Crippen molar-refractivity contribution in [2.24, 2.45) is 0 Å². The molecule has 2 rings (SSSR count). The minimum Gasteiger partial charge on any atom is -0.454 e. The van der Waals surface area contributed by atoms with Gasteiger partial charge in [0.2, 0.25) is 6.79 Å². The first kappa shape index (κ1) is 21.5. The Morgan fingerprint density at radius 3 is 2.52 bits per heavy atom. The number of nitrogens with zero attached hydrogens (tertiary/aromatic N) is 1. The van der Waals surface area contributed by atoms with Gasteiger partial charge in [-0.2, -0.15) is 5.26 Å². The molecule has 1 heterocycles. The molecule has 1 aromatic carbocycles. The van der Waals surface area contributed by atoms with Gasteiger partial charge in [-0.15, -0.1) is 0 Å². The molecule has 0 saturated heterocycles. The molecule has 5 heteroatoms. The number of nitriles is 1. The molecule has 4 nitrogen and oxygen atoms in total. The number of hydrogen-bond donors (Lipinski definition) is 0. The highest BCUT2D eigenvalue weighted by molar-refractivity contribution is 7.85. The van der Waals surface area contributed by atoms with Crippen LogP contribution >= 0.6 is 0 Å². The summed E-state index contributed by atoms with van der Waals surface area (Å²) in [5, 5.41) is 7.51. The van der Waals surface area contributed by atoms with E-state index in [4.69, 9.17) is 14.7 Å². The van der Waals surface area contributed by atoms with Gasteiger partial charge in [0.05, 0.1) is 6.07 Å². The van der Waals surface area contributed by atoms with Gasteiger partial charge in [0.15, 0.2) is 11.5 Å². The van der Waals surface area contributed by atoms with Crippen LogP contribution in [0.3, 0.4) is 0 Å². The van der Waals surface area contributed by atoms with E-state index in [1.165, 1.54) is 44.6 Å². The van der Waals surface area contributed by atoms with Crippen LogP contribution in [0.5, 0.6) is 11.5 Å². The van der Waals surface area contributed by atoms with E-state index < -0.39 is 10.8 Å². The minimum absolute atomic E-state index is 0.191. The van der Waals surface area contributed by atoms with E-state index in [0.29, 0.717) is 6.79 Å². The van der Waals surface area contributed by atoms with E-state index in [9.17, 15) is 4.21 Å². The normalized spacial score (nSPS) is 14.2. The largest absolute Gasteiger partial charge is 0.454 e. The standard InChI is InChI=1S/C18H28O3S.C2H3N/c1-3-4-5-6-7-8-11-22(19)15(2)12-16-9-10-17-18(13-16)21-14-20-17;1-2-3/h9-10,13,15H,3-8,11-12,14H2,1-2H3;1H3. The van der Waals surface area contributed by atoms with Gasteiger partial charge in [0.1, 0.15) is 0 Å². The van der Waals surface area contributed by atoms with Gasteiger partial charge in [0, 0.05) is 28.7 Å². The van der Waals surface area contributed by atoms with E-state index in [2.05, 4.69) is 13.8 Å². The number of rotatable bonds is 10. The van der Waals surface area contributed by atoms with Crippen LogP contribution in [0.1, 0.15) is 64.9 Å². The summed E-state index contributed by atoms with van der Waals surface area (Å²) < 4.78 is 23.0. The highest BCUT2D eigenvalue weighted by Crippen LogP contribution is 2.33. The van der Waals surface area contributed by atoms with Crippen molar-refractivity contribution in [3.05, 3.63) is 23.8 Å². The zero-order valence-corrected chi connectivity index (χ0v) is 16.6. The predicted molar refractivity (Wildman–Crippen MR) is 103 cm³/mol. The van der Waals surface area contributed by atoms with Crippen molar-refractivity contribution < 1.29 is 13.7 Å². The zero-order chi connectivity index (χ0) is 18.5. The SMILES string of the molecule is CC#N.CCCCCCCCS(=O)C(C)Cc1ccc2c(c1)OCO2. The Labute approximate surface area is 155 Å². The first-order valence-electron chi connectivity index (χ1n) is 9.18. The maximum Gasteiger partial charge on any atom is 0.231 e. The highest BCUT2D eigenvalue weighted by atomic mass is 32.2. The molecule has 1 aliphatic rings. The molecular formula is C20H31NO3S. The smallest absolute Gasteiger partial charge is 0.231 e. The Morgan fingerprint density at radius 1 is 1.16 bits per heavy atom. The number of fused-ring (bicyclic) bond motifs is 1. The Kier molecular flexibility index (Phi) is 11.0. The number of hydrogen-bond acceptors (Lipinski definition) is 4. The predicted octanol–water partition coefficient (Wildman–Crippen LogP) is 4.99. The summed E-state index contributed by atoms with van der Waals surface area (Å²) in [5.74, 6) is 2.45. The van der Waals surface area contributed by atoms with Gasteiger partial charge < -0.3 is 9.47 Å². The Hall–Kier alpha value is -1.54. The Balaban J connectivity index is 0.000000970. The summed E-state index contributed by atoms with van der Waals surface area (Å²) in [6.45, 7) is 6.04. The summed E-state index contributed by atoms with van der Waals surface area (Å²) in [7, 11) is -0.743. The average molecular weight is 366 g/mol. The fourth-order valence-corrected chi connectivity index (χ4v) is 3.99. The molecule has 0 aromatic heterocycles. The van der Waals surface area contributed by atoms with Crippen LogP contribution in [0.15, 0.2) is 18.2 Å². The third-order valence-electron chi connectivity index (χ3n) is 4.11. The van der Waals surface area contributed by atoms with E-state index in [-0.39, 0.29) is 5.25 Å².